The van der Waals surface area contributed by atoms with Crippen molar-refractivity contribution in [3.8, 4) is 5.75 Å². The first kappa shape index (κ1) is 28.7. The van der Waals surface area contributed by atoms with Crippen molar-refractivity contribution in [3.05, 3.63) is 62.0 Å². The van der Waals surface area contributed by atoms with Gasteiger partial charge in [-0.15, -0.1) is 0 Å². The number of rotatable bonds is 4. The Kier molecular flexibility index (Phi) is 11.8. The van der Waals surface area contributed by atoms with Gasteiger partial charge in [0.15, 0.2) is 0 Å². The molecule has 0 spiro atoms. The normalized spacial score (nSPS) is 11.3. The molecule has 0 bridgehead atoms. The predicted molar refractivity (Wildman–Crippen MR) is 123 cm³/mol. The van der Waals surface area contributed by atoms with Crippen molar-refractivity contribution in [1.29, 1.82) is 0 Å². The number of halogens is 2. The standard InChI is InChI=1S/C9H7BrO4.C9H5BrO3.C4H6O3/c10-7-1-2-8(14-5-11)6(3-7)4-9(12)13;10-6-1-2-7-5(3-6)4-8(11)13-9(7)12;1-3(5)7-4(2)6/h1-3,5H,4H2,(H,12,13);1-3H,4H2;1-2H3. The van der Waals surface area contributed by atoms with E-state index in [4.69, 9.17) is 5.11 Å². The Labute approximate surface area is 210 Å². The molecule has 0 aromatic heterocycles. The van der Waals surface area contributed by atoms with Gasteiger partial charge in [0, 0.05) is 28.4 Å². The van der Waals surface area contributed by atoms with Crippen LogP contribution < -0.4 is 4.74 Å². The Hall–Kier alpha value is -3.38. The molecule has 0 fully saturated rings. The van der Waals surface area contributed by atoms with E-state index in [0.717, 1.165) is 14.5 Å². The molecule has 34 heavy (non-hydrogen) atoms. The Morgan fingerprint density at radius 3 is 2.15 bits per heavy atom. The van der Waals surface area contributed by atoms with Crippen molar-refractivity contribution in [3.63, 3.8) is 0 Å². The summed E-state index contributed by atoms with van der Waals surface area (Å²) >= 11 is 6.47. The van der Waals surface area contributed by atoms with Gasteiger partial charge in [0.05, 0.1) is 18.4 Å². The second-order valence-corrected chi connectivity index (χ2v) is 8.19. The van der Waals surface area contributed by atoms with Crippen LogP contribution in [-0.2, 0) is 46.3 Å². The first-order chi connectivity index (χ1) is 15.9. The first-order valence-corrected chi connectivity index (χ1v) is 10.8. The fraction of sp³-hybridized carbons (Fsp3) is 0.182. The maximum absolute atomic E-state index is 11.1. The van der Waals surface area contributed by atoms with Crippen molar-refractivity contribution < 1.29 is 48.1 Å². The molecular weight excluding hydrogens is 584 g/mol. The van der Waals surface area contributed by atoms with E-state index in [-0.39, 0.29) is 25.1 Å². The SMILES string of the molecule is CC(=O)OC(C)=O.O=C1Cc2cc(Br)ccc2C(=O)O1.O=COc1ccc(Br)cc1CC(=O)O. The summed E-state index contributed by atoms with van der Waals surface area (Å²) < 4.78 is 14.7. The number of fused-ring (bicyclic) bond motifs is 1. The number of aliphatic carboxylic acids is 1. The van der Waals surface area contributed by atoms with Gasteiger partial charge in [-0.05, 0) is 42.0 Å². The number of esters is 4. The number of ether oxygens (including phenoxy) is 3. The number of carboxylic acids is 1. The van der Waals surface area contributed by atoms with Gasteiger partial charge in [-0.3, -0.25) is 24.0 Å². The largest absolute Gasteiger partial charge is 0.481 e. The van der Waals surface area contributed by atoms with E-state index in [1.165, 1.54) is 19.9 Å². The number of benzene rings is 2. The molecule has 10 nitrogen and oxygen atoms in total. The predicted octanol–water partition coefficient (Wildman–Crippen LogP) is 3.40. The van der Waals surface area contributed by atoms with Crippen molar-refractivity contribution >= 4 is 68.2 Å². The topological polar surface area (TPSA) is 150 Å². The molecule has 1 N–H and O–H groups in total. The van der Waals surface area contributed by atoms with E-state index < -0.39 is 29.8 Å². The molecule has 0 aliphatic carbocycles. The van der Waals surface area contributed by atoms with Crippen LogP contribution in [0.25, 0.3) is 0 Å². The summed E-state index contributed by atoms with van der Waals surface area (Å²) in [5, 5.41) is 8.59. The van der Waals surface area contributed by atoms with E-state index in [1.54, 1.807) is 30.3 Å². The minimum Gasteiger partial charge on any atom is -0.481 e. The van der Waals surface area contributed by atoms with Gasteiger partial charge < -0.3 is 19.3 Å². The third-order valence-corrected chi connectivity index (χ3v) is 4.64. The van der Waals surface area contributed by atoms with Crippen LogP contribution in [0.15, 0.2) is 45.3 Å². The van der Waals surface area contributed by atoms with Gasteiger partial charge in [-0.25, -0.2) is 4.79 Å². The van der Waals surface area contributed by atoms with Crippen molar-refractivity contribution in [2.45, 2.75) is 26.7 Å². The molecule has 1 aliphatic heterocycles. The zero-order valence-electron chi connectivity index (χ0n) is 17.8. The molecule has 0 atom stereocenters. The second kappa shape index (κ2) is 14.0. The van der Waals surface area contributed by atoms with Crippen LogP contribution in [0.4, 0.5) is 0 Å². The number of hydrogen-bond donors (Lipinski definition) is 1. The third-order valence-electron chi connectivity index (χ3n) is 3.66. The minimum absolute atomic E-state index is 0.167. The molecule has 1 aliphatic rings. The molecule has 2 aromatic carbocycles. The van der Waals surface area contributed by atoms with Gasteiger partial charge in [0.25, 0.3) is 6.47 Å². The minimum atomic E-state index is -0.973. The summed E-state index contributed by atoms with van der Waals surface area (Å²) in [5.41, 5.74) is 1.65. The van der Waals surface area contributed by atoms with Crippen LogP contribution in [0.1, 0.15) is 35.3 Å². The zero-order valence-corrected chi connectivity index (χ0v) is 21.0. The fourth-order valence-electron chi connectivity index (χ4n) is 2.48. The summed E-state index contributed by atoms with van der Waals surface area (Å²) in [6.45, 7) is 2.64. The van der Waals surface area contributed by atoms with E-state index in [0.29, 0.717) is 11.1 Å². The molecule has 0 radical (unpaired) electrons. The summed E-state index contributed by atoms with van der Waals surface area (Å²) in [7, 11) is 0. The molecule has 3 rings (SSSR count). The molecule has 0 amide bonds. The first-order valence-electron chi connectivity index (χ1n) is 9.25. The van der Waals surface area contributed by atoms with E-state index in [2.05, 4.69) is 46.1 Å². The van der Waals surface area contributed by atoms with Gasteiger partial charge >= 0.3 is 29.8 Å². The average molecular weight is 602 g/mol. The van der Waals surface area contributed by atoms with Gasteiger partial charge in [-0.2, -0.15) is 0 Å². The third kappa shape index (κ3) is 10.5. The lowest BCUT2D eigenvalue weighted by Crippen LogP contribution is -2.22. The van der Waals surface area contributed by atoms with Gasteiger partial charge in [0.1, 0.15) is 5.75 Å². The number of carboxylic acid groups (broad SMARTS) is 1. The molecule has 0 saturated heterocycles. The van der Waals surface area contributed by atoms with Crippen LogP contribution >= 0.6 is 31.9 Å². The molecular formula is C22H18Br2O10. The number of cyclic esters (lactones) is 2. The Balaban J connectivity index is 0.000000270. The number of carbonyl (C=O) groups excluding carboxylic acids is 5. The average Bonchev–Trinajstić information content (AvgIpc) is 2.69. The molecule has 0 unspecified atom stereocenters. The van der Waals surface area contributed by atoms with Crippen molar-refractivity contribution in [1.82, 2.24) is 0 Å². The van der Waals surface area contributed by atoms with Crippen molar-refractivity contribution in [2.75, 3.05) is 0 Å². The molecule has 12 heteroatoms. The quantitative estimate of drug-likeness (QED) is 0.314. The van der Waals surface area contributed by atoms with Crippen LogP contribution in [0.5, 0.6) is 5.75 Å². The lowest BCUT2D eigenvalue weighted by atomic mass is 10.0. The summed E-state index contributed by atoms with van der Waals surface area (Å²) in [6.07, 6.45) is -0.0108. The smallest absolute Gasteiger partial charge is 0.346 e. The van der Waals surface area contributed by atoms with Crippen LogP contribution in [0.2, 0.25) is 0 Å². The summed E-state index contributed by atoms with van der Waals surface area (Å²) in [6, 6.07) is 9.96. The number of carbonyl (C=O) groups is 6. The van der Waals surface area contributed by atoms with Crippen molar-refractivity contribution in [2.24, 2.45) is 0 Å². The van der Waals surface area contributed by atoms with E-state index in [1.807, 2.05) is 0 Å². The molecule has 180 valence electrons. The highest BCUT2D eigenvalue weighted by atomic mass is 79.9. The maximum atomic E-state index is 11.1. The maximum Gasteiger partial charge on any atom is 0.346 e. The van der Waals surface area contributed by atoms with Gasteiger partial charge in [0.2, 0.25) is 0 Å². The second-order valence-electron chi connectivity index (χ2n) is 6.36. The highest BCUT2D eigenvalue weighted by Gasteiger charge is 2.24. The van der Waals surface area contributed by atoms with E-state index in [9.17, 15) is 28.8 Å². The van der Waals surface area contributed by atoms with Crippen LogP contribution in [0.3, 0.4) is 0 Å². The zero-order chi connectivity index (χ0) is 25.8. The summed E-state index contributed by atoms with van der Waals surface area (Å²) in [5.74, 6) is -2.88. The van der Waals surface area contributed by atoms with E-state index >= 15 is 0 Å². The lowest BCUT2D eigenvalue weighted by molar-refractivity contribution is -0.156. The Morgan fingerprint density at radius 2 is 1.62 bits per heavy atom. The number of hydrogen-bond acceptors (Lipinski definition) is 9. The van der Waals surface area contributed by atoms with Crippen LogP contribution in [0, 0.1) is 0 Å². The lowest BCUT2D eigenvalue weighted by Gasteiger charge is -2.13. The molecule has 1 heterocycles. The van der Waals surface area contributed by atoms with Gasteiger partial charge in [-0.1, -0.05) is 31.9 Å². The Morgan fingerprint density at radius 1 is 1.03 bits per heavy atom. The molecule has 2 aromatic rings. The monoisotopic (exact) mass is 600 g/mol. The Bertz CT molecular complexity index is 1100. The summed E-state index contributed by atoms with van der Waals surface area (Å²) in [4.78, 5) is 62.3. The fourth-order valence-corrected chi connectivity index (χ4v) is 3.29. The molecule has 0 saturated carbocycles. The highest BCUT2D eigenvalue weighted by molar-refractivity contribution is 9.10. The highest BCUT2D eigenvalue weighted by Crippen LogP contribution is 2.23. The van der Waals surface area contributed by atoms with Crippen LogP contribution in [-0.4, -0.2) is 41.4 Å².